The molecule has 1 aliphatic rings. The third kappa shape index (κ3) is 2.76. The normalized spacial score (nSPS) is 20.2. The van der Waals surface area contributed by atoms with Crippen LogP contribution in [0.25, 0.3) is 0 Å². The number of hydrogen-bond acceptors (Lipinski definition) is 4. The lowest BCUT2D eigenvalue weighted by molar-refractivity contribution is 0.0700. The van der Waals surface area contributed by atoms with Gasteiger partial charge in [0.2, 0.25) is 0 Å². The maximum absolute atomic E-state index is 12.6. The molecule has 1 aromatic heterocycles. The van der Waals surface area contributed by atoms with Gasteiger partial charge in [-0.15, -0.1) is 0 Å². The summed E-state index contributed by atoms with van der Waals surface area (Å²) in [6, 6.07) is 0. The van der Waals surface area contributed by atoms with E-state index in [1.165, 1.54) is 0 Å². The van der Waals surface area contributed by atoms with Gasteiger partial charge in [-0.2, -0.15) is 5.10 Å². The van der Waals surface area contributed by atoms with Crippen molar-refractivity contribution in [3.63, 3.8) is 0 Å². The van der Waals surface area contributed by atoms with E-state index in [2.05, 4.69) is 10.3 Å². The first-order chi connectivity index (χ1) is 9.56. The van der Waals surface area contributed by atoms with Gasteiger partial charge in [0.05, 0.1) is 11.3 Å². The van der Waals surface area contributed by atoms with E-state index in [0.717, 1.165) is 25.0 Å². The van der Waals surface area contributed by atoms with Crippen molar-refractivity contribution in [1.29, 1.82) is 0 Å². The molecule has 7 heteroatoms. The molecule has 1 aromatic rings. The minimum absolute atomic E-state index is 0.0228. The number of carbonyl (C=O) groups is 1. The van der Waals surface area contributed by atoms with Crippen LogP contribution in [0.1, 0.15) is 35.8 Å². The second-order valence-corrected chi connectivity index (χ2v) is 5.13. The molecule has 110 valence electrons. The van der Waals surface area contributed by atoms with E-state index in [0.29, 0.717) is 18.7 Å². The lowest BCUT2D eigenvalue weighted by atomic mass is 9.96. The number of amidine groups is 1. The lowest BCUT2D eigenvalue weighted by Gasteiger charge is -2.32. The molecule has 1 aliphatic heterocycles. The van der Waals surface area contributed by atoms with E-state index in [1.807, 2.05) is 14.0 Å². The zero-order valence-corrected chi connectivity index (χ0v) is 11.9. The molecule has 2 heterocycles. The molecule has 1 saturated heterocycles. The Bertz CT molecular complexity index is 523. The molecule has 0 radical (unpaired) electrons. The van der Waals surface area contributed by atoms with Crippen molar-refractivity contribution in [2.45, 2.75) is 26.2 Å². The van der Waals surface area contributed by atoms with Gasteiger partial charge >= 0.3 is 0 Å². The number of aromatic nitrogens is 2. The Morgan fingerprint density at radius 1 is 1.65 bits per heavy atom. The summed E-state index contributed by atoms with van der Waals surface area (Å²) in [4.78, 5) is 14.3. The molecule has 2 rings (SSSR count). The van der Waals surface area contributed by atoms with Gasteiger partial charge < -0.3 is 15.8 Å². The smallest absolute Gasteiger partial charge is 0.257 e. The van der Waals surface area contributed by atoms with E-state index in [4.69, 9.17) is 10.9 Å². The predicted octanol–water partition coefficient (Wildman–Crippen LogP) is 0.581. The largest absolute Gasteiger partial charge is 0.409 e. The molecule has 1 unspecified atom stereocenters. The number of hydrogen-bond donors (Lipinski definition) is 2. The Hall–Kier alpha value is -2.05. The van der Waals surface area contributed by atoms with Crippen molar-refractivity contribution in [3.8, 4) is 0 Å². The van der Waals surface area contributed by atoms with Crippen LogP contribution in [0.15, 0.2) is 11.4 Å². The monoisotopic (exact) mass is 279 g/mol. The summed E-state index contributed by atoms with van der Waals surface area (Å²) in [6.45, 7) is 3.17. The van der Waals surface area contributed by atoms with Crippen LogP contribution in [0, 0.1) is 5.92 Å². The molecule has 0 aliphatic carbocycles. The Labute approximate surface area is 118 Å². The third-order valence-corrected chi connectivity index (χ3v) is 3.71. The molecule has 1 atom stereocenters. The van der Waals surface area contributed by atoms with Crippen LogP contribution < -0.4 is 5.73 Å². The quantitative estimate of drug-likeness (QED) is 0.366. The number of carbonyl (C=O) groups excluding carboxylic acids is 1. The summed E-state index contributed by atoms with van der Waals surface area (Å²) in [5.74, 6) is 0.106. The average Bonchev–Trinajstić information content (AvgIpc) is 2.86. The highest BCUT2D eigenvalue weighted by Crippen LogP contribution is 2.20. The zero-order chi connectivity index (χ0) is 14.7. The van der Waals surface area contributed by atoms with E-state index >= 15 is 0 Å². The van der Waals surface area contributed by atoms with E-state index in [9.17, 15) is 4.79 Å². The van der Waals surface area contributed by atoms with Crippen LogP contribution in [0.2, 0.25) is 0 Å². The highest BCUT2D eigenvalue weighted by atomic mass is 16.4. The second-order valence-electron chi connectivity index (χ2n) is 5.13. The summed E-state index contributed by atoms with van der Waals surface area (Å²) < 4.78 is 1.66. The van der Waals surface area contributed by atoms with Gasteiger partial charge in [0.25, 0.3) is 5.91 Å². The van der Waals surface area contributed by atoms with Gasteiger partial charge in [0.15, 0.2) is 0 Å². The van der Waals surface area contributed by atoms with Crippen LogP contribution in [-0.2, 0) is 13.5 Å². The van der Waals surface area contributed by atoms with E-state index in [-0.39, 0.29) is 17.7 Å². The van der Waals surface area contributed by atoms with Crippen molar-refractivity contribution in [2.75, 3.05) is 13.1 Å². The maximum atomic E-state index is 12.6. The van der Waals surface area contributed by atoms with Crippen LogP contribution in [0.4, 0.5) is 0 Å². The first kappa shape index (κ1) is 14.4. The summed E-state index contributed by atoms with van der Waals surface area (Å²) in [5, 5.41) is 16.1. The minimum Gasteiger partial charge on any atom is -0.409 e. The Balaban J connectivity index is 2.16. The fourth-order valence-corrected chi connectivity index (χ4v) is 2.63. The number of likely N-dealkylation sites (tertiary alicyclic amines) is 1. The molecule has 0 bridgehead atoms. The summed E-state index contributed by atoms with van der Waals surface area (Å²) in [6.07, 6.45) is 4.18. The third-order valence-electron chi connectivity index (χ3n) is 3.71. The van der Waals surface area contributed by atoms with Crippen LogP contribution in [-0.4, -0.2) is 44.7 Å². The number of aryl methyl sites for hydroxylation is 2. The van der Waals surface area contributed by atoms with Gasteiger partial charge in [-0.05, 0) is 19.3 Å². The molecule has 1 amide bonds. The molecule has 0 spiro atoms. The number of nitrogens with two attached hydrogens (primary N) is 1. The fraction of sp³-hybridized carbons (Fsp3) is 0.615. The van der Waals surface area contributed by atoms with Gasteiger partial charge in [-0.25, -0.2) is 0 Å². The summed E-state index contributed by atoms with van der Waals surface area (Å²) in [5.41, 5.74) is 7.11. The van der Waals surface area contributed by atoms with Crippen molar-refractivity contribution in [1.82, 2.24) is 14.7 Å². The number of nitrogens with zero attached hydrogens (tertiary/aromatic N) is 4. The molecule has 3 N–H and O–H groups in total. The van der Waals surface area contributed by atoms with Gasteiger partial charge in [-0.3, -0.25) is 9.48 Å². The Morgan fingerprint density at radius 2 is 2.40 bits per heavy atom. The van der Waals surface area contributed by atoms with Crippen LogP contribution in [0.3, 0.4) is 0 Å². The number of rotatable bonds is 3. The highest BCUT2D eigenvalue weighted by molar-refractivity contribution is 5.95. The van der Waals surface area contributed by atoms with Crippen molar-refractivity contribution in [3.05, 3.63) is 17.5 Å². The molecule has 20 heavy (non-hydrogen) atoms. The standard InChI is InChI=1S/C13H21N5O2/c1-3-11-10(8-17(2)15-11)13(19)18-6-4-5-9(7-18)12(14)16-20/h8-9,20H,3-7H2,1-2H3,(H2,14,16). The Kier molecular flexibility index (Phi) is 4.26. The highest BCUT2D eigenvalue weighted by Gasteiger charge is 2.28. The van der Waals surface area contributed by atoms with Crippen LogP contribution >= 0.6 is 0 Å². The van der Waals surface area contributed by atoms with Gasteiger partial charge in [0, 0.05) is 32.3 Å². The molecular formula is C13H21N5O2. The van der Waals surface area contributed by atoms with Gasteiger partial charge in [-0.1, -0.05) is 12.1 Å². The summed E-state index contributed by atoms with van der Waals surface area (Å²) in [7, 11) is 1.81. The van der Waals surface area contributed by atoms with E-state index in [1.54, 1.807) is 15.8 Å². The van der Waals surface area contributed by atoms with Crippen LogP contribution in [0.5, 0.6) is 0 Å². The first-order valence-corrected chi connectivity index (χ1v) is 6.86. The first-order valence-electron chi connectivity index (χ1n) is 6.86. The number of oxime groups is 1. The zero-order valence-electron chi connectivity index (χ0n) is 11.9. The average molecular weight is 279 g/mol. The molecule has 0 saturated carbocycles. The number of amides is 1. The number of piperidine rings is 1. The second kappa shape index (κ2) is 5.94. The fourth-order valence-electron chi connectivity index (χ4n) is 2.63. The summed E-state index contributed by atoms with van der Waals surface area (Å²) >= 11 is 0. The molecule has 7 nitrogen and oxygen atoms in total. The van der Waals surface area contributed by atoms with Crippen molar-refractivity contribution >= 4 is 11.7 Å². The topological polar surface area (TPSA) is 96.7 Å². The molecule has 1 fully saturated rings. The Morgan fingerprint density at radius 3 is 3.05 bits per heavy atom. The molecule has 0 aromatic carbocycles. The lowest BCUT2D eigenvalue weighted by Crippen LogP contribution is -2.44. The minimum atomic E-state index is -0.0700. The SMILES string of the molecule is CCc1nn(C)cc1C(=O)N1CCCC(/C(N)=N/O)C1. The van der Waals surface area contributed by atoms with Gasteiger partial charge in [0.1, 0.15) is 5.84 Å². The maximum Gasteiger partial charge on any atom is 0.257 e. The predicted molar refractivity (Wildman–Crippen MR) is 74.6 cm³/mol. The van der Waals surface area contributed by atoms with E-state index < -0.39 is 0 Å². The van der Waals surface area contributed by atoms with Crippen molar-refractivity contribution < 1.29 is 10.0 Å². The molecular weight excluding hydrogens is 258 g/mol. The van der Waals surface area contributed by atoms with Crippen molar-refractivity contribution in [2.24, 2.45) is 23.9 Å².